The molecule has 0 saturated carbocycles. The molecule has 2 aromatic carbocycles. The van der Waals surface area contributed by atoms with Gasteiger partial charge >= 0.3 is 12.0 Å². The minimum absolute atomic E-state index is 0.00866. The average Bonchev–Trinajstić information content (AvgIpc) is 2.58. The van der Waals surface area contributed by atoms with Crippen molar-refractivity contribution in [2.45, 2.75) is 13.8 Å². The number of carbonyl (C=O) groups excluding carboxylic acids is 2. The zero-order valence-corrected chi connectivity index (χ0v) is 13.9. The van der Waals surface area contributed by atoms with Crippen molar-refractivity contribution in [3.05, 3.63) is 59.2 Å². The van der Waals surface area contributed by atoms with Gasteiger partial charge in [-0.25, -0.2) is 9.59 Å². The molecule has 0 aliphatic rings. The van der Waals surface area contributed by atoms with E-state index in [-0.39, 0.29) is 12.3 Å². The molecular weight excluding hydrogens is 308 g/mol. The van der Waals surface area contributed by atoms with Gasteiger partial charge in [-0.2, -0.15) is 0 Å². The Morgan fingerprint density at radius 2 is 1.79 bits per heavy atom. The number of carbonyl (C=O) groups is 2. The van der Waals surface area contributed by atoms with Crippen LogP contribution < -0.4 is 15.4 Å². The summed E-state index contributed by atoms with van der Waals surface area (Å²) in [7, 11) is 1.29. The molecule has 24 heavy (non-hydrogen) atoms. The van der Waals surface area contributed by atoms with Gasteiger partial charge < -0.3 is 20.1 Å². The van der Waals surface area contributed by atoms with E-state index in [2.05, 4.69) is 15.4 Å². The molecule has 0 radical (unpaired) electrons. The molecule has 0 spiro atoms. The first-order valence-electron chi connectivity index (χ1n) is 7.43. The molecule has 0 heterocycles. The number of aryl methyl sites for hydroxylation is 2. The second kappa shape index (κ2) is 8.01. The van der Waals surface area contributed by atoms with Gasteiger partial charge in [0.25, 0.3) is 0 Å². The molecule has 0 bridgehead atoms. The summed E-state index contributed by atoms with van der Waals surface area (Å²) < 4.78 is 10.2. The quantitative estimate of drug-likeness (QED) is 0.652. The molecule has 2 amide bonds. The molecule has 2 rings (SSSR count). The highest BCUT2D eigenvalue weighted by molar-refractivity contribution is 6.00. The Bertz CT molecular complexity index is 744. The van der Waals surface area contributed by atoms with Crippen molar-refractivity contribution >= 4 is 17.7 Å². The molecular formula is C18H20N2O4. The van der Waals surface area contributed by atoms with Crippen LogP contribution in [-0.2, 0) is 4.74 Å². The number of methoxy groups -OCH3 is 1. The van der Waals surface area contributed by atoms with E-state index in [1.54, 1.807) is 24.3 Å². The first-order valence-corrected chi connectivity index (χ1v) is 7.43. The monoisotopic (exact) mass is 328 g/mol. The largest absolute Gasteiger partial charge is 0.473 e. The van der Waals surface area contributed by atoms with E-state index in [9.17, 15) is 9.59 Å². The number of esters is 1. The number of urea groups is 1. The van der Waals surface area contributed by atoms with Gasteiger partial charge in [0.05, 0.1) is 18.4 Å². The van der Waals surface area contributed by atoms with E-state index in [1.807, 2.05) is 32.0 Å². The number of nitrogens with one attached hydrogen (secondary N) is 2. The smallest absolute Gasteiger partial charge is 0.339 e. The van der Waals surface area contributed by atoms with Crippen molar-refractivity contribution in [1.82, 2.24) is 5.32 Å². The van der Waals surface area contributed by atoms with Crippen LogP contribution in [0.5, 0.6) is 5.75 Å². The predicted octanol–water partition coefficient (Wildman–Crippen LogP) is 3.25. The summed E-state index contributed by atoms with van der Waals surface area (Å²) in [4.78, 5) is 23.6. The molecule has 0 unspecified atom stereocenters. The Hall–Kier alpha value is -3.02. The van der Waals surface area contributed by atoms with Crippen molar-refractivity contribution in [1.29, 1.82) is 0 Å². The fraction of sp³-hybridized carbons (Fsp3) is 0.222. The number of rotatable bonds is 5. The van der Waals surface area contributed by atoms with Crippen molar-refractivity contribution in [3.63, 3.8) is 0 Å². The third kappa shape index (κ3) is 4.49. The fourth-order valence-electron chi connectivity index (χ4n) is 2.04. The maximum absolute atomic E-state index is 11.9. The second-order valence-electron chi connectivity index (χ2n) is 5.20. The summed E-state index contributed by atoms with van der Waals surface area (Å²) in [5.74, 6) is 0.158. The summed E-state index contributed by atoms with van der Waals surface area (Å²) >= 11 is 0. The standard InChI is InChI=1S/C18H20N2O4/c1-12-8-9-14(10-13(12)2)24-11-19-18(22)20-16-7-5-4-6-15(16)17(21)23-3/h4-10H,11H2,1-3H3,(H2,19,20,22). The van der Waals surface area contributed by atoms with Crippen molar-refractivity contribution in [3.8, 4) is 5.75 Å². The third-order valence-electron chi connectivity index (χ3n) is 3.53. The number of amides is 2. The molecule has 0 saturated heterocycles. The van der Waals surface area contributed by atoms with E-state index in [0.717, 1.165) is 5.56 Å². The maximum Gasteiger partial charge on any atom is 0.339 e. The molecule has 0 aliphatic heterocycles. The van der Waals surface area contributed by atoms with Crippen molar-refractivity contribution in [2.24, 2.45) is 0 Å². The van der Waals surface area contributed by atoms with Crippen LogP contribution in [0, 0.1) is 13.8 Å². The van der Waals surface area contributed by atoms with E-state index >= 15 is 0 Å². The van der Waals surface area contributed by atoms with E-state index in [4.69, 9.17) is 4.74 Å². The topological polar surface area (TPSA) is 76.7 Å². The third-order valence-corrected chi connectivity index (χ3v) is 3.53. The van der Waals surface area contributed by atoms with Crippen LogP contribution in [0.1, 0.15) is 21.5 Å². The van der Waals surface area contributed by atoms with Gasteiger partial charge in [0.1, 0.15) is 5.75 Å². The van der Waals surface area contributed by atoms with Crippen LogP contribution in [0.15, 0.2) is 42.5 Å². The molecule has 126 valence electrons. The summed E-state index contributed by atoms with van der Waals surface area (Å²) in [6.07, 6.45) is 0. The molecule has 2 aromatic rings. The summed E-state index contributed by atoms with van der Waals surface area (Å²) in [5, 5.41) is 5.18. The van der Waals surface area contributed by atoms with Crippen molar-refractivity contribution < 1.29 is 19.1 Å². The Kier molecular flexibility index (Phi) is 5.78. The van der Waals surface area contributed by atoms with E-state index in [1.165, 1.54) is 12.7 Å². The van der Waals surface area contributed by atoms with Gasteiger partial charge in [-0.15, -0.1) is 0 Å². The number of hydrogen-bond donors (Lipinski definition) is 2. The van der Waals surface area contributed by atoms with Crippen LogP contribution in [0.25, 0.3) is 0 Å². The van der Waals surface area contributed by atoms with Gasteiger partial charge in [-0.05, 0) is 49.2 Å². The molecule has 0 fully saturated rings. The number of ether oxygens (including phenoxy) is 2. The van der Waals surface area contributed by atoms with Crippen LogP contribution in [0.4, 0.5) is 10.5 Å². The van der Waals surface area contributed by atoms with Crippen molar-refractivity contribution in [2.75, 3.05) is 19.2 Å². The highest BCUT2D eigenvalue weighted by Gasteiger charge is 2.12. The van der Waals surface area contributed by atoms with Gasteiger partial charge in [0.2, 0.25) is 0 Å². The Labute approximate surface area is 140 Å². The summed E-state index contributed by atoms with van der Waals surface area (Å²) in [6, 6.07) is 11.8. The van der Waals surface area contributed by atoms with Gasteiger partial charge in [0.15, 0.2) is 6.73 Å². The fourth-order valence-corrected chi connectivity index (χ4v) is 2.04. The highest BCUT2D eigenvalue weighted by atomic mass is 16.5. The van der Waals surface area contributed by atoms with Gasteiger partial charge in [0, 0.05) is 0 Å². The Morgan fingerprint density at radius 3 is 2.50 bits per heavy atom. The van der Waals surface area contributed by atoms with Crippen LogP contribution in [0.3, 0.4) is 0 Å². The predicted molar refractivity (Wildman–Crippen MR) is 91.3 cm³/mol. The molecule has 0 aliphatic carbocycles. The molecule has 2 N–H and O–H groups in total. The SMILES string of the molecule is COC(=O)c1ccccc1NC(=O)NCOc1ccc(C)c(C)c1. The van der Waals surface area contributed by atoms with E-state index in [0.29, 0.717) is 11.4 Å². The highest BCUT2D eigenvalue weighted by Crippen LogP contribution is 2.17. The minimum atomic E-state index is -0.516. The first kappa shape index (κ1) is 17.3. The van der Waals surface area contributed by atoms with Crippen LogP contribution >= 0.6 is 0 Å². The summed E-state index contributed by atoms with van der Waals surface area (Å²) in [6.45, 7) is 4.02. The average molecular weight is 328 g/mol. The Balaban J connectivity index is 1.90. The number of anilines is 1. The number of para-hydroxylation sites is 1. The lowest BCUT2D eigenvalue weighted by atomic mass is 10.1. The second-order valence-corrected chi connectivity index (χ2v) is 5.20. The minimum Gasteiger partial charge on any atom is -0.473 e. The van der Waals surface area contributed by atoms with E-state index < -0.39 is 12.0 Å². The maximum atomic E-state index is 11.9. The number of benzene rings is 2. The van der Waals surface area contributed by atoms with Crippen LogP contribution in [-0.4, -0.2) is 25.8 Å². The molecule has 0 atom stereocenters. The number of hydrogen-bond acceptors (Lipinski definition) is 4. The molecule has 6 nitrogen and oxygen atoms in total. The summed E-state index contributed by atoms with van der Waals surface area (Å²) in [5.41, 5.74) is 2.94. The van der Waals surface area contributed by atoms with Crippen LogP contribution in [0.2, 0.25) is 0 Å². The molecule has 6 heteroatoms. The lowest BCUT2D eigenvalue weighted by Gasteiger charge is -2.12. The van der Waals surface area contributed by atoms with Gasteiger partial charge in [-0.1, -0.05) is 18.2 Å². The zero-order chi connectivity index (χ0) is 17.5. The van der Waals surface area contributed by atoms with Gasteiger partial charge in [-0.3, -0.25) is 0 Å². The Morgan fingerprint density at radius 1 is 1.04 bits per heavy atom. The zero-order valence-electron chi connectivity index (χ0n) is 13.9. The normalized spacial score (nSPS) is 9.96. The molecule has 0 aromatic heterocycles. The first-order chi connectivity index (χ1) is 11.5. The lowest BCUT2D eigenvalue weighted by Crippen LogP contribution is -2.32. The lowest BCUT2D eigenvalue weighted by molar-refractivity contribution is 0.0602.